The van der Waals surface area contributed by atoms with E-state index in [9.17, 15) is 23.2 Å². The molecule has 0 spiro atoms. The first-order chi connectivity index (χ1) is 13.7. The highest BCUT2D eigenvalue weighted by Gasteiger charge is 2.31. The van der Waals surface area contributed by atoms with Gasteiger partial charge in [-0.2, -0.15) is 10.4 Å². The summed E-state index contributed by atoms with van der Waals surface area (Å²) >= 11 is 5.96. The lowest BCUT2D eigenvalue weighted by atomic mass is 10.2. The molecule has 0 fully saturated rings. The minimum Gasteiger partial charge on any atom is -0.406 e. The molecule has 2 aromatic carbocycles. The molecule has 0 saturated heterocycles. The number of amides is 1. The van der Waals surface area contributed by atoms with Gasteiger partial charge in [0.1, 0.15) is 17.5 Å². The zero-order valence-electron chi connectivity index (χ0n) is 14.9. The van der Waals surface area contributed by atoms with E-state index >= 15 is 0 Å². The number of hydrogen-bond acceptors (Lipinski definition) is 4. The maximum Gasteiger partial charge on any atom is 0.573 e. The lowest BCUT2D eigenvalue weighted by molar-refractivity contribution is -0.274. The molecule has 3 rings (SSSR count). The van der Waals surface area contributed by atoms with Crippen LogP contribution in [0, 0.1) is 18.3 Å². The molecule has 1 amide bonds. The molecular formula is C19H12ClF3N4O2. The van der Waals surface area contributed by atoms with E-state index < -0.39 is 18.0 Å². The molecule has 148 valence electrons. The van der Waals surface area contributed by atoms with Gasteiger partial charge in [-0.05, 0) is 49.4 Å². The number of carbonyl (C=O) groups is 1. The fourth-order valence-electron chi connectivity index (χ4n) is 2.62. The third kappa shape index (κ3) is 4.92. The number of alkyl halides is 3. The molecule has 0 bridgehead atoms. The molecule has 0 aliphatic heterocycles. The van der Waals surface area contributed by atoms with Gasteiger partial charge in [-0.25, -0.2) is 4.99 Å². The van der Waals surface area contributed by atoms with Gasteiger partial charge in [-0.3, -0.25) is 9.48 Å². The average Bonchev–Trinajstić information content (AvgIpc) is 2.95. The number of benzene rings is 2. The summed E-state index contributed by atoms with van der Waals surface area (Å²) in [6.07, 6.45) is -4.83. The molecule has 10 heteroatoms. The van der Waals surface area contributed by atoms with Crippen LogP contribution in [0.15, 0.2) is 47.5 Å². The third-order valence-electron chi connectivity index (χ3n) is 3.97. The van der Waals surface area contributed by atoms with Crippen molar-refractivity contribution in [2.24, 2.45) is 4.99 Å². The monoisotopic (exact) mass is 420 g/mol. The molecular weight excluding hydrogens is 409 g/mol. The Kier molecular flexibility index (Phi) is 5.57. The Morgan fingerprint density at radius 2 is 1.97 bits per heavy atom. The van der Waals surface area contributed by atoms with Gasteiger partial charge in [0.2, 0.25) is 0 Å². The van der Waals surface area contributed by atoms with Crippen molar-refractivity contribution in [3.05, 3.63) is 58.7 Å². The Labute approximate surface area is 167 Å². The molecule has 29 heavy (non-hydrogen) atoms. The van der Waals surface area contributed by atoms with E-state index in [2.05, 4.69) is 14.8 Å². The van der Waals surface area contributed by atoms with Crippen molar-refractivity contribution in [3.63, 3.8) is 0 Å². The Morgan fingerprint density at radius 3 is 2.59 bits per heavy atom. The van der Waals surface area contributed by atoms with Crippen LogP contribution in [0.5, 0.6) is 5.75 Å². The van der Waals surface area contributed by atoms with E-state index in [0.29, 0.717) is 10.5 Å². The lowest BCUT2D eigenvalue weighted by Gasteiger charge is -2.08. The second-order valence-electron chi connectivity index (χ2n) is 5.95. The van der Waals surface area contributed by atoms with Crippen molar-refractivity contribution >= 4 is 34.1 Å². The number of halogens is 4. The van der Waals surface area contributed by atoms with Crippen LogP contribution in [-0.4, -0.2) is 27.8 Å². The highest BCUT2D eigenvalue weighted by molar-refractivity contribution is 6.31. The molecule has 0 saturated carbocycles. The quantitative estimate of drug-likeness (QED) is 0.573. The molecule has 3 aromatic rings. The predicted molar refractivity (Wildman–Crippen MR) is 100.0 cm³/mol. The summed E-state index contributed by atoms with van der Waals surface area (Å²) in [5.74, 6) is -1.23. The molecule has 0 aliphatic rings. The number of ether oxygens (including phenoxy) is 1. The molecule has 0 aliphatic carbocycles. The second kappa shape index (κ2) is 7.93. The van der Waals surface area contributed by atoms with Crippen LogP contribution in [-0.2, 0) is 6.54 Å². The summed E-state index contributed by atoms with van der Waals surface area (Å²) in [6.45, 7) is 1.76. The molecule has 1 aromatic heterocycles. The van der Waals surface area contributed by atoms with Crippen LogP contribution in [0.25, 0.3) is 10.9 Å². The molecule has 0 atom stereocenters. The van der Waals surface area contributed by atoms with Crippen molar-refractivity contribution in [1.29, 1.82) is 5.26 Å². The van der Waals surface area contributed by atoms with E-state index in [4.69, 9.17) is 11.6 Å². The number of aryl methyl sites for hydroxylation is 1. The van der Waals surface area contributed by atoms with Gasteiger partial charge >= 0.3 is 6.36 Å². The van der Waals surface area contributed by atoms with Gasteiger partial charge in [0.25, 0.3) is 5.91 Å². The number of nitrogens with zero attached hydrogens (tertiary/aromatic N) is 4. The first kappa shape index (κ1) is 20.4. The van der Waals surface area contributed by atoms with E-state index in [1.54, 1.807) is 25.1 Å². The summed E-state index contributed by atoms with van der Waals surface area (Å²) in [4.78, 5) is 16.0. The molecule has 0 radical (unpaired) electrons. The standard InChI is InChI=1S/C19H12ClF3N4O2/c1-11-16-7-4-13(20)8-17(16)26-27(11)10-14(9-24)25-18(28)12-2-5-15(6-3-12)29-19(21,22)23/h2-8H,10H2,1H3. The lowest BCUT2D eigenvalue weighted by Crippen LogP contribution is -2.17. The highest BCUT2D eigenvalue weighted by Crippen LogP contribution is 2.23. The van der Waals surface area contributed by atoms with Crippen LogP contribution in [0.3, 0.4) is 0 Å². The van der Waals surface area contributed by atoms with E-state index in [1.165, 1.54) is 4.68 Å². The van der Waals surface area contributed by atoms with Crippen LogP contribution in [0.4, 0.5) is 13.2 Å². The predicted octanol–water partition coefficient (Wildman–Crippen LogP) is 4.70. The molecule has 0 unspecified atom stereocenters. The van der Waals surface area contributed by atoms with E-state index in [-0.39, 0.29) is 17.8 Å². The topological polar surface area (TPSA) is 80.3 Å². The van der Waals surface area contributed by atoms with Crippen molar-refractivity contribution in [1.82, 2.24) is 9.78 Å². The Bertz CT molecular complexity index is 1150. The first-order valence-electron chi connectivity index (χ1n) is 8.17. The average molecular weight is 421 g/mol. The Hall–Kier alpha value is -3.38. The minimum atomic E-state index is -4.83. The van der Waals surface area contributed by atoms with Gasteiger partial charge in [0.15, 0.2) is 0 Å². The fraction of sp³-hybridized carbons (Fsp3) is 0.158. The SMILES string of the molecule is Cc1c2ccc(Cl)cc2nn1CC(C#N)=NC(=O)c1ccc(OC(F)(F)F)cc1. The van der Waals surface area contributed by atoms with Crippen LogP contribution in [0.2, 0.25) is 5.02 Å². The second-order valence-corrected chi connectivity index (χ2v) is 6.39. The van der Waals surface area contributed by atoms with Crippen molar-refractivity contribution in [2.75, 3.05) is 0 Å². The largest absolute Gasteiger partial charge is 0.573 e. The normalized spacial score (nSPS) is 12.1. The summed E-state index contributed by atoms with van der Waals surface area (Å²) in [5.41, 5.74) is 1.31. The van der Waals surface area contributed by atoms with E-state index in [1.807, 2.05) is 6.07 Å². The first-order valence-corrected chi connectivity index (χ1v) is 8.54. The number of rotatable bonds is 4. The fourth-order valence-corrected chi connectivity index (χ4v) is 2.78. The van der Waals surface area contributed by atoms with Crippen LogP contribution < -0.4 is 4.74 Å². The Balaban J connectivity index is 1.80. The summed E-state index contributed by atoms with van der Waals surface area (Å²) in [6, 6.07) is 11.3. The van der Waals surface area contributed by atoms with Crippen molar-refractivity contribution in [3.8, 4) is 11.8 Å². The summed E-state index contributed by atoms with van der Waals surface area (Å²) in [5, 5.41) is 15.0. The Morgan fingerprint density at radius 1 is 1.28 bits per heavy atom. The highest BCUT2D eigenvalue weighted by atomic mass is 35.5. The third-order valence-corrected chi connectivity index (χ3v) is 4.20. The number of aliphatic imine (C=N–C) groups is 1. The van der Waals surface area contributed by atoms with Gasteiger partial charge in [-0.1, -0.05) is 11.6 Å². The van der Waals surface area contributed by atoms with Gasteiger partial charge in [0.05, 0.1) is 12.1 Å². The molecule has 1 heterocycles. The smallest absolute Gasteiger partial charge is 0.406 e. The van der Waals surface area contributed by atoms with Crippen LogP contribution >= 0.6 is 11.6 Å². The van der Waals surface area contributed by atoms with E-state index in [0.717, 1.165) is 35.3 Å². The summed E-state index contributed by atoms with van der Waals surface area (Å²) in [7, 11) is 0. The summed E-state index contributed by atoms with van der Waals surface area (Å²) < 4.78 is 41.9. The molecule has 0 N–H and O–H groups in total. The molecule has 6 nitrogen and oxygen atoms in total. The van der Waals surface area contributed by atoms with Crippen molar-refractivity contribution in [2.45, 2.75) is 19.8 Å². The number of carbonyl (C=O) groups excluding carboxylic acids is 1. The zero-order valence-corrected chi connectivity index (χ0v) is 15.6. The number of hydrogen-bond donors (Lipinski definition) is 0. The minimum absolute atomic E-state index is 0.0152. The van der Waals surface area contributed by atoms with Crippen LogP contribution in [0.1, 0.15) is 16.1 Å². The number of nitriles is 1. The van der Waals surface area contributed by atoms with Gasteiger partial charge in [-0.15, -0.1) is 13.2 Å². The maximum atomic E-state index is 12.3. The number of fused-ring (bicyclic) bond motifs is 1. The van der Waals surface area contributed by atoms with Crippen molar-refractivity contribution < 1.29 is 22.7 Å². The van der Waals surface area contributed by atoms with Gasteiger partial charge < -0.3 is 4.74 Å². The maximum absolute atomic E-state index is 12.3. The zero-order chi connectivity index (χ0) is 21.2. The number of aromatic nitrogens is 2. The van der Waals surface area contributed by atoms with Gasteiger partial charge in [0, 0.05) is 21.7 Å².